The van der Waals surface area contributed by atoms with E-state index in [1.54, 1.807) is 0 Å². The van der Waals surface area contributed by atoms with E-state index in [0.29, 0.717) is 0 Å². The highest BCUT2D eigenvalue weighted by atomic mass is 14.9. The van der Waals surface area contributed by atoms with Gasteiger partial charge < -0.3 is 0 Å². The molecule has 0 amide bonds. The summed E-state index contributed by atoms with van der Waals surface area (Å²) in [5.74, 6) is 0. The minimum absolute atomic E-state index is 1.11. The van der Waals surface area contributed by atoms with Gasteiger partial charge in [-0.05, 0) is 24.5 Å². The molecule has 2 heteroatoms. The lowest BCUT2D eigenvalue weighted by Gasteiger charge is -2.07. The van der Waals surface area contributed by atoms with Crippen molar-refractivity contribution in [1.82, 2.24) is 0 Å². The number of hydrogen-bond donors (Lipinski definition) is 0. The van der Waals surface area contributed by atoms with E-state index in [1.807, 2.05) is 0 Å². The van der Waals surface area contributed by atoms with Gasteiger partial charge in [-0.1, -0.05) is 64.5 Å². The quantitative estimate of drug-likeness (QED) is 0.213. The Balaban J connectivity index is 1.69. The molecule has 2 aromatic heterocycles. The Morgan fingerprint density at radius 2 is 1.23 bits per heavy atom. The minimum atomic E-state index is 1.11. The number of fused-ring (bicyclic) bond motifs is 1. The van der Waals surface area contributed by atoms with Crippen LogP contribution in [-0.4, -0.2) is 0 Å². The molecule has 30 heavy (non-hydrogen) atoms. The Morgan fingerprint density at radius 1 is 0.600 bits per heavy atom. The van der Waals surface area contributed by atoms with Crippen molar-refractivity contribution in [2.75, 3.05) is 0 Å². The second-order valence-corrected chi connectivity index (χ2v) is 8.59. The fraction of sp³-hybridized carbons (Fsp3) is 0.500. The standard InChI is InChI=1S/C28H40N2/c1-3-5-7-9-13-20-29-22-17-25(18-23-29)26-19-24-30(21-14-10-8-6-4-2)28-16-12-11-15-27(26)28/h11-12,15-19,22-24H,3-10,13-14,20-21H2,1-2H3/q+2. The van der Waals surface area contributed by atoms with Gasteiger partial charge in [-0.25, -0.2) is 4.57 Å². The molecule has 0 N–H and O–H groups in total. The Bertz CT molecular complexity index is 883. The molecule has 0 atom stereocenters. The first kappa shape index (κ1) is 22.5. The molecule has 0 aliphatic rings. The van der Waals surface area contributed by atoms with Crippen LogP contribution in [0.1, 0.15) is 78.1 Å². The molecule has 0 radical (unpaired) electrons. The van der Waals surface area contributed by atoms with Gasteiger partial charge in [0.25, 0.3) is 0 Å². The van der Waals surface area contributed by atoms with Gasteiger partial charge in [0, 0.05) is 42.7 Å². The summed E-state index contributed by atoms with van der Waals surface area (Å²) in [4.78, 5) is 0. The summed E-state index contributed by atoms with van der Waals surface area (Å²) >= 11 is 0. The first-order valence-electron chi connectivity index (χ1n) is 12.2. The molecule has 2 heterocycles. The fourth-order valence-electron chi connectivity index (χ4n) is 4.30. The lowest BCUT2D eigenvalue weighted by Crippen LogP contribution is -2.34. The van der Waals surface area contributed by atoms with E-state index in [1.165, 1.54) is 86.2 Å². The fourth-order valence-corrected chi connectivity index (χ4v) is 4.30. The SMILES string of the molecule is CCCCCCC[n+]1ccc(-c2cc[n+](CCCCCCC)c3ccccc23)cc1. The number of hydrogen-bond acceptors (Lipinski definition) is 0. The van der Waals surface area contributed by atoms with Crippen molar-refractivity contribution < 1.29 is 9.13 Å². The smallest absolute Gasteiger partial charge is 0.205 e. The third-order valence-electron chi connectivity index (χ3n) is 6.15. The summed E-state index contributed by atoms with van der Waals surface area (Å²) in [7, 11) is 0. The summed E-state index contributed by atoms with van der Waals surface area (Å²) in [6.45, 7) is 6.78. The Labute approximate surface area is 183 Å². The van der Waals surface area contributed by atoms with Crippen molar-refractivity contribution in [3.63, 3.8) is 0 Å². The lowest BCUT2D eigenvalue weighted by atomic mass is 10.0. The van der Waals surface area contributed by atoms with Crippen LogP contribution in [0, 0.1) is 0 Å². The number of aromatic nitrogens is 2. The number of benzene rings is 1. The molecule has 0 bridgehead atoms. The Hall–Kier alpha value is -2.22. The topological polar surface area (TPSA) is 7.76 Å². The molecule has 0 aliphatic heterocycles. The molecule has 0 saturated carbocycles. The maximum absolute atomic E-state index is 2.43. The van der Waals surface area contributed by atoms with Gasteiger partial charge in [0.05, 0.1) is 5.39 Å². The summed E-state index contributed by atoms with van der Waals surface area (Å²) in [5.41, 5.74) is 3.99. The maximum atomic E-state index is 2.43. The third-order valence-corrected chi connectivity index (χ3v) is 6.15. The number of rotatable bonds is 13. The number of para-hydroxylation sites is 1. The summed E-state index contributed by atoms with van der Waals surface area (Å²) < 4.78 is 4.77. The molecule has 3 rings (SSSR count). The summed E-state index contributed by atoms with van der Waals surface area (Å²) in [6.07, 6.45) is 20.0. The van der Waals surface area contributed by atoms with Crippen molar-refractivity contribution in [1.29, 1.82) is 0 Å². The van der Waals surface area contributed by atoms with Crippen molar-refractivity contribution in [3.05, 3.63) is 61.1 Å². The van der Waals surface area contributed by atoms with Crippen molar-refractivity contribution >= 4 is 10.9 Å². The largest absolute Gasteiger partial charge is 0.213 e. The average molecular weight is 405 g/mol. The van der Waals surface area contributed by atoms with Crippen molar-refractivity contribution in [2.45, 2.75) is 91.1 Å². The molecule has 2 nitrogen and oxygen atoms in total. The van der Waals surface area contributed by atoms with E-state index in [0.717, 1.165) is 13.1 Å². The first-order chi connectivity index (χ1) is 14.8. The van der Waals surface area contributed by atoms with Crippen LogP contribution in [0.4, 0.5) is 0 Å². The highest BCUT2D eigenvalue weighted by Gasteiger charge is 2.14. The van der Waals surface area contributed by atoms with E-state index in [9.17, 15) is 0 Å². The van der Waals surface area contributed by atoms with Crippen molar-refractivity contribution in [3.8, 4) is 11.1 Å². The maximum Gasteiger partial charge on any atom is 0.213 e. The van der Waals surface area contributed by atoms with Gasteiger partial charge in [-0.3, -0.25) is 0 Å². The first-order valence-corrected chi connectivity index (χ1v) is 12.2. The molecule has 0 unspecified atom stereocenters. The van der Waals surface area contributed by atoms with Crippen LogP contribution >= 0.6 is 0 Å². The molecule has 0 aliphatic carbocycles. The van der Waals surface area contributed by atoms with E-state index >= 15 is 0 Å². The van der Waals surface area contributed by atoms with Gasteiger partial charge in [0.2, 0.25) is 5.52 Å². The summed E-state index contributed by atoms with van der Waals surface area (Å²) in [5, 5.41) is 1.35. The van der Waals surface area contributed by atoms with Crippen LogP contribution in [0.25, 0.3) is 22.0 Å². The van der Waals surface area contributed by atoms with Crippen molar-refractivity contribution in [2.24, 2.45) is 0 Å². The second kappa shape index (κ2) is 12.5. The number of aryl methyl sites for hydroxylation is 2. The molecular weight excluding hydrogens is 364 g/mol. The highest BCUT2D eigenvalue weighted by molar-refractivity contribution is 5.92. The van der Waals surface area contributed by atoms with E-state index in [4.69, 9.17) is 0 Å². The normalized spacial score (nSPS) is 11.3. The van der Waals surface area contributed by atoms with Crippen LogP contribution in [0.2, 0.25) is 0 Å². The summed E-state index contributed by atoms with van der Waals surface area (Å²) in [6, 6.07) is 15.7. The monoisotopic (exact) mass is 404 g/mol. The molecule has 0 fully saturated rings. The zero-order chi connectivity index (χ0) is 21.0. The van der Waals surface area contributed by atoms with Gasteiger partial charge >= 0.3 is 0 Å². The van der Waals surface area contributed by atoms with Crippen LogP contribution in [0.5, 0.6) is 0 Å². The van der Waals surface area contributed by atoms with Gasteiger partial charge in [-0.2, -0.15) is 4.57 Å². The molecule has 3 aromatic rings. The van der Waals surface area contributed by atoms with Crippen LogP contribution in [0.15, 0.2) is 61.1 Å². The second-order valence-electron chi connectivity index (χ2n) is 8.59. The number of unbranched alkanes of at least 4 members (excludes halogenated alkanes) is 8. The predicted molar refractivity (Wildman–Crippen MR) is 127 cm³/mol. The third kappa shape index (κ3) is 6.39. The van der Waals surface area contributed by atoms with Crippen LogP contribution in [0.3, 0.4) is 0 Å². The van der Waals surface area contributed by atoms with Gasteiger partial charge in [0.15, 0.2) is 18.6 Å². The Morgan fingerprint density at radius 3 is 1.93 bits per heavy atom. The molecular formula is C28H40N2+2. The van der Waals surface area contributed by atoms with Gasteiger partial charge in [-0.15, -0.1) is 0 Å². The van der Waals surface area contributed by atoms with E-state index in [-0.39, 0.29) is 0 Å². The van der Waals surface area contributed by atoms with Crippen LogP contribution < -0.4 is 9.13 Å². The number of pyridine rings is 2. The van der Waals surface area contributed by atoms with E-state index in [2.05, 4.69) is 84.0 Å². The lowest BCUT2D eigenvalue weighted by molar-refractivity contribution is -0.697. The zero-order valence-electron chi connectivity index (χ0n) is 19.2. The average Bonchev–Trinajstić information content (AvgIpc) is 2.79. The number of nitrogens with zero attached hydrogens (tertiary/aromatic N) is 2. The molecule has 1 aromatic carbocycles. The van der Waals surface area contributed by atoms with E-state index < -0.39 is 0 Å². The minimum Gasteiger partial charge on any atom is -0.205 e. The molecule has 0 saturated heterocycles. The van der Waals surface area contributed by atoms with Crippen LogP contribution in [-0.2, 0) is 13.1 Å². The zero-order valence-corrected chi connectivity index (χ0v) is 19.2. The highest BCUT2D eigenvalue weighted by Crippen LogP contribution is 2.26. The predicted octanol–water partition coefficient (Wildman–Crippen LogP) is 7.02. The Kier molecular flexibility index (Phi) is 9.34. The molecule has 0 spiro atoms. The molecule has 160 valence electrons. The van der Waals surface area contributed by atoms with Gasteiger partial charge in [0.1, 0.15) is 13.1 Å².